The van der Waals surface area contributed by atoms with Gasteiger partial charge in [-0.3, -0.25) is 9.59 Å². The second kappa shape index (κ2) is 3.18. The minimum Gasteiger partial charge on any atom is -0.354 e. The number of fused-ring (bicyclic) bond motifs is 1. The normalized spacial score (nSPS) is 10.4. The Hall–Kier alpha value is -1.76. The summed E-state index contributed by atoms with van der Waals surface area (Å²) in [6.07, 6.45) is 0. The van der Waals surface area contributed by atoms with Gasteiger partial charge in [0, 0.05) is 13.1 Å². The standard InChI is InChI=1S/C7H5N4O2S/c1-8-6(13)4-2-5(12)11-7(10-4)14-3-9-11/h2H,1H3,(H,8,13). The van der Waals surface area contributed by atoms with E-state index < -0.39 is 5.91 Å². The molecule has 0 fully saturated rings. The van der Waals surface area contributed by atoms with E-state index in [-0.39, 0.29) is 11.3 Å². The maximum atomic E-state index is 11.3. The summed E-state index contributed by atoms with van der Waals surface area (Å²) in [6.45, 7) is 0. The summed E-state index contributed by atoms with van der Waals surface area (Å²) in [7, 11) is 1.48. The van der Waals surface area contributed by atoms with Crippen molar-refractivity contribution in [3.8, 4) is 0 Å². The number of hydrogen-bond donors (Lipinski definition) is 1. The van der Waals surface area contributed by atoms with Crippen molar-refractivity contribution in [3.63, 3.8) is 0 Å². The maximum absolute atomic E-state index is 11.3. The topological polar surface area (TPSA) is 76.4 Å². The van der Waals surface area contributed by atoms with Crippen LogP contribution in [0.1, 0.15) is 10.5 Å². The van der Waals surface area contributed by atoms with E-state index in [1.807, 2.05) is 0 Å². The Balaban J connectivity index is 2.70. The Labute approximate surface area is 82.2 Å². The third-order valence-electron chi connectivity index (χ3n) is 1.60. The fourth-order valence-corrected chi connectivity index (χ4v) is 1.52. The van der Waals surface area contributed by atoms with Gasteiger partial charge in [-0.05, 0) is 0 Å². The summed E-state index contributed by atoms with van der Waals surface area (Å²) in [5.74, 6) is -0.391. The fraction of sp³-hybridized carbons (Fsp3) is 0.143. The van der Waals surface area contributed by atoms with Crippen LogP contribution in [0, 0.1) is 5.51 Å². The number of nitrogens with one attached hydrogen (secondary N) is 1. The van der Waals surface area contributed by atoms with Gasteiger partial charge in [-0.15, -0.1) is 5.10 Å². The van der Waals surface area contributed by atoms with E-state index in [4.69, 9.17) is 0 Å². The third-order valence-corrected chi connectivity index (χ3v) is 2.22. The lowest BCUT2D eigenvalue weighted by molar-refractivity contribution is 0.0958. The number of amides is 1. The van der Waals surface area contributed by atoms with Crippen LogP contribution in [0.15, 0.2) is 10.9 Å². The lowest BCUT2D eigenvalue weighted by atomic mass is 10.4. The van der Waals surface area contributed by atoms with Gasteiger partial charge >= 0.3 is 0 Å². The molecule has 2 aromatic heterocycles. The zero-order valence-corrected chi connectivity index (χ0v) is 7.96. The van der Waals surface area contributed by atoms with Gasteiger partial charge < -0.3 is 5.32 Å². The summed E-state index contributed by atoms with van der Waals surface area (Å²) in [5.41, 5.74) is 2.23. The maximum Gasteiger partial charge on any atom is 0.275 e. The van der Waals surface area contributed by atoms with Crippen molar-refractivity contribution in [1.82, 2.24) is 19.9 Å². The molecule has 0 aliphatic rings. The highest BCUT2D eigenvalue weighted by Crippen LogP contribution is 2.02. The third kappa shape index (κ3) is 1.27. The second-order valence-corrected chi connectivity index (χ2v) is 3.20. The van der Waals surface area contributed by atoms with E-state index in [0.717, 1.165) is 21.9 Å². The zero-order chi connectivity index (χ0) is 10.1. The van der Waals surface area contributed by atoms with E-state index in [1.54, 1.807) is 0 Å². The summed E-state index contributed by atoms with van der Waals surface area (Å²) < 4.78 is 1.09. The average molecular weight is 209 g/mol. The molecular weight excluding hydrogens is 204 g/mol. The molecule has 0 atom stereocenters. The van der Waals surface area contributed by atoms with Crippen LogP contribution in [-0.4, -0.2) is 27.6 Å². The van der Waals surface area contributed by atoms with Crippen molar-refractivity contribution >= 4 is 22.2 Å². The minimum absolute atomic E-state index is 0.0927. The molecule has 2 rings (SSSR count). The molecule has 6 nitrogen and oxygen atoms in total. The van der Waals surface area contributed by atoms with Gasteiger partial charge in [0.25, 0.3) is 11.5 Å². The number of carbonyl (C=O) groups excluding carboxylic acids is 1. The molecule has 0 aromatic carbocycles. The molecule has 14 heavy (non-hydrogen) atoms. The minimum atomic E-state index is -0.391. The van der Waals surface area contributed by atoms with Crippen LogP contribution >= 0.6 is 11.3 Å². The molecule has 0 spiro atoms. The first-order chi connectivity index (χ1) is 6.72. The van der Waals surface area contributed by atoms with Gasteiger partial charge in [0.15, 0.2) is 5.51 Å². The van der Waals surface area contributed by atoms with Crippen LogP contribution in [-0.2, 0) is 0 Å². The average Bonchev–Trinajstić information content (AvgIpc) is 2.64. The van der Waals surface area contributed by atoms with Crippen molar-refractivity contribution in [2.45, 2.75) is 0 Å². The second-order valence-electron chi connectivity index (χ2n) is 2.45. The Morgan fingerprint density at radius 2 is 2.50 bits per heavy atom. The molecule has 1 N–H and O–H groups in total. The van der Waals surface area contributed by atoms with Gasteiger partial charge in [-0.1, -0.05) is 11.3 Å². The number of nitrogens with zero attached hydrogens (tertiary/aromatic N) is 3. The molecule has 0 bridgehead atoms. The van der Waals surface area contributed by atoms with Crippen LogP contribution < -0.4 is 10.9 Å². The highest BCUT2D eigenvalue weighted by molar-refractivity contribution is 7.14. The van der Waals surface area contributed by atoms with Gasteiger partial charge in [-0.25, -0.2) is 4.98 Å². The Kier molecular flexibility index (Phi) is 2.01. The first-order valence-electron chi connectivity index (χ1n) is 3.71. The first-order valence-corrected chi connectivity index (χ1v) is 4.53. The molecular formula is C7H5N4O2S. The summed E-state index contributed by atoms with van der Waals surface area (Å²) in [5, 5.41) is 6.04. The molecule has 1 radical (unpaired) electrons. The van der Waals surface area contributed by atoms with E-state index in [9.17, 15) is 9.59 Å². The molecule has 0 saturated carbocycles. The predicted molar refractivity (Wildman–Crippen MR) is 49.4 cm³/mol. The van der Waals surface area contributed by atoms with Crippen molar-refractivity contribution in [3.05, 3.63) is 27.6 Å². The monoisotopic (exact) mass is 209 g/mol. The predicted octanol–water partition coefficient (Wildman–Crippen LogP) is -0.689. The lowest BCUT2D eigenvalue weighted by Crippen LogP contribution is -2.23. The van der Waals surface area contributed by atoms with Crippen LogP contribution in [0.5, 0.6) is 0 Å². The van der Waals surface area contributed by atoms with Crippen molar-refractivity contribution < 1.29 is 4.79 Å². The number of rotatable bonds is 1. The Morgan fingerprint density at radius 1 is 1.71 bits per heavy atom. The zero-order valence-electron chi connectivity index (χ0n) is 7.14. The van der Waals surface area contributed by atoms with Gasteiger partial charge in [0.05, 0.1) is 0 Å². The molecule has 1 amide bonds. The van der Waals surface area contributed by atoms with Crippen molar-refractivity contribution in [1.29, 1.82) is 0 Å². The Bertz CT molecular complexity index is 544. The van der Waals surface area contributed by atoms with Crippen LogP contribution in [0.4, 0.5) is 0 Å². The van der Waals surface area contributed by atoms with Crippen LogP contribution in [0.3, 0.4) is 0 Å². The Morgan fingerprint density at radius 3 is 3.21 bits per heavy atom. The highest BCUT2D eigenvalue weighted by atomic mass is 32.1. The van der Waals surface area contributed by atoms with E-state index in [1.165, 1.54) is 7.05 Å². The number of carbonyl (C=O) groups is 1. The van der Waals surface area contributed by atoms with Crippen molar-refractivity contribution in [2.24, 2.45) is 0 Å². The molecule has 7 heteroatoms. The lowest BCUT2D eigenvalue weighted by Gasteiger charge is -1.97. The summed E-state index contributed by atoms with van der Waals surface area (Å²) in [6, 6.07) is 1.14. The molecule has 2 heterocycles. The van der Waals surface area contributed by atoms with Gasteiger partial charge in [0.1, 0.15) is 5.69 Å². The highest BCUT2D eigenvalue weighted by Gasteiger charge is 2.09. The number of aromatic nitrogens is 3. The summed E-state index contributed by atoms with van der Waals surface area (Å²) in [4.78, 5) is 26.8. The molecule has 0 aliphatic heterocycles. The molecule has 2 aromatic rings. The number of hydrogen-bond acceptors (Lipinski definition) is 5. The van der Waals surface area contributed by atoms with Gasteiger partial charge in [0.2, 0.25) is 4.96 Å². The first kappa shape index (κ1) is 8.82. The summed E-state index contributed by atoms with van der Waals surface area (Å²) >= 11 is 1.08. The molecule has 0 saturated heterocycles. The van der Waals surface area contributed by atoms with Crippen molar-refractivity contribution in [2.75, 3.05) is 7.05 Å². The SMILES string of the molecule is CNC(=O)c1cc(=O)n2n[c]sc2n1. The smallest absolute Gasteiger partial charge is 0.275 e. The molecule has 71 valence electrons. The quantitative estimate of drug-likeness (QED) is 0.674. The van der Waals surface area contributed by atoms with E-state index >= 15 is 0 Å². The van der Waals surface area contributed by atoms with E-state index in [0.29, 0.717) is 4.96 Å². The van der Waals surface area contributed by atoms with Gasteiger partial charge in [-0.2, -0.15) is 4.52 Å². The van der Waals surface area contributed by atoms with Crippen LogP contribution in [0.2, 0.25) is 0 Å². The van der Waals surface area contributed by atoms with Crippen LogP contribution in [0.25, 0.3) is 4.96 Å². The molecule has 0 unspecified atom stereocenters. The van der Waals surface area contributed by atoms with E-state index in [2.05, 4.69) is 20.9 Å². The fourth-order valence-electron chi connectivity index (χ4n) is 0.960. The molecule has 0 aliphatic carbocycles. The largest absolute Gasteiger partial charge is 0.354 e.